The van der Waals surface area contributed by atoms with Crippen LogP contribution in [-0.4, -0.2) is 27.5 Å². The summed E-state index contributed by atoms with van der Waals surface area (Å²) in [6, 6.07) is 16.1. The molecule has 4 rings (SSSR count). The van der Waals surface area contributed by atoms with Crippen LogP contribution in [0.1, 0.15) is 17.5 Å². The molecule has 33 heavy (non-hydrogen) atoms. The van der Waals surface area contributed by atoms with Crippen LogP contribution in [-0.2, 0) is 21.5 Å². The number of alkyl halides is 3. The zero-order valence-corrected chi connectivity index (χ0v) is 16.9. The van der Waals surface area contributed by atoms with Gasteiger partial charge in [-0.05, 0) is 24.1 Å². The van der Waals surface area contributed by atoms with Gasteiger partial charge in [-0.3, -0.25) is 19.4 Å². The van der Waals surface area contributed by atoms with Crippen LogP contribution < -0.4 is 21.9 Å². The van der Waals surface area contributed by atoms with E-state index in [1.807, 2.05) is 10.3 Å². The molecule has 2 amide bonds. The molecule has 1 atom stereocenters. The highest BCUT2D eigenvalue weighted by atomic mass is 19.4. The van der Waals surface area contributed by atoms with Crippen LogP contribution in [0.3, 0.4) is 0 Å². The standard InChI is InChI=1S/C22H17F3N4O4/c23-22(24,25)21(28-15(30)12-11-13-7-3-1-4-8-13)16-17(26-19(21)32)29(20(33)27-18(16)31)14-9-5-2-6-10-14/h1-10H,11-12H2,(H,26,32)(H,28,30)(H,27,31,33). The van der Waals surface area contributed by atoms with E-state index in [2.05, 4.69) is 0 Å². The molecule has 1 aliphatic rings. The number of aromatic nitrogens is 2. The monoisotopic (exact) mass is 458 g/mol. The van der Waals surface area contributed by atoms with Crippen molar-refractivity contribution in [1.82, 2.24) is 14.9 Å². The van der Waals surface area contributed by atoms with Gasteiger partial charge in [-0.1, -0.05) is 48.5 Å². The normalized spacial score (nSPS) is 17.4. The quantitative estimate of drug-likeness (QED) is 0.543. The van der Waals surface area contributed by atoms with Crippen molar-refractivity contribution in [3.05, 3.63) is 92.6 Å². The van der Waals surface area contributed by atoms with Crippen LogP contribution in [0.25, 0.3) is 5.69 Å². The molecular weight excluding hydrogens is 441 g/mol. The van der Waals surface area contributed by atoms with Crippen LogP contribution >= 0.6 is 0 Å². The molecule has 0 radical (unpaired) electrons. The minimum atomic E-state index is -5.38. The van der Waals surface area contributed by atoms with E-state index < -0.39 is 46.2 Å². The van der Waals surface area contributed by atoms with E-state index in [9.17, 15) is 32.3 Å². The van der Waals surface area contributed by atoms with Crippen LogP contribution in [0.15, 0.2) is 70.3 Å². The molecule has 0 spiro atoms. The smallest absolute Gasteiger partial charge is 0.330 e. The molecule has 170 valence electrons. The predicted molar refractivity (Wildman–Crippen MR) is 112 cm³/mol. The summed E-state index contributed by atoms with van der Waals surface area (Å²) in [5.74, 6) is -3.42. The van der Waals surface area contributed by atoms with Crippen LogP contribution in [0, 0.1) is 0 Å². The average molecular weight is 458 g/mol. The minimum Gasteiger partial charge on any atom is -0.330 e. The Morgan fingerprint density at radius 1 is 0.970 bits per heavy atom. The number of aromatic amines is 1. The van der Waals surface area contributed by atoms with Gasteiger partial charge < -0.3 is 10.6 Å². The highest BCUT2D eigenvalue weighted by Gasteiger charge is 2.68. The van der Waals surface area contributed by atoms with Crippen LogP contribution in [0.5, 0.6) is 0 Å². The van der Waals surface area contributed by atoms with Crippen LogP contribution in [0.2, 0.25) is 0 Å². The second-order valence-corrected chi connectivity index (χ2v) is 7.39. The third kappa shape index (κ3) is 3.71. The van der Waals surface area contributed by atoms with Crippen LogP contribution in [0.4, 0.5) is 19.0 Å². The number of benzene rings is 2. The van der Waals surface area contributed by atoms with Gasteiger partial charge in [0.25, 0.3) is 11.5 Å². The minimum absolute atomic E-state index is 0.115. The van der Waals surface area contributed by atoms with Gasteiger partial charge in [-0.25, -0.2) is 9.36 Å². The summed E-state index contributed by atoms with van der Waals surface area (Å²) >= 11 is 0. The Hall–Kier alpha value is -4.15. The Bertz CT molecular complexity index is 1330. The molecule has 8 nitrogen and oxygen atoms in total. The lowest BCUT2D eigenvalue weighted by atomic mass is 9.91. The molecule has 0 aliphatic carbocycles. The number of amides is 2. The first-order chi connectivity index (χ1) is 15.6. The summed E-state index contributed by atoms with van der Waals surface area (Å²) in [5.41, 5.74) is -6.41. The number of carbonyl (C=O) groups excluding carboxylic acids is 2. The topological polar surface area (TPSA) is 113 Å². The molecule has 1 aliphatic heterocycles. The van der Waals surface area contributed by atoms with Gasteiger partial charge in [0, 0.05) is 6.42 Å². The number of carbonyl (C=O) groups is 2. The number of halogens is 3. The van der Waals surface area contributed by atoms with E-state index in [0.29, 0.717) is 5.56 Å². The molecule has 0 fully saturated rings. The number of aryl methyl sites for hydroxylation is 1. The van der Waals surface area contributed by atoms with Crippen molar-refractivity contribution in [2.75, 3.05) is 5.32 Å². The zero-order valence-electron chi connectivity index (χ0n) is 16.9. The number of H-pyrrole nitrogens is 1. The van der Waals surface area contributed by atoms with Crippen molar-refractivity contribution in [1.29, 1.82) is 0 Å². The molecule has 0 saturated carbocycles. The fourth-order valence-electron chi connectivity index (χ4n) is 3.78. The predicted octanol–water partition coefficient (Wildman–Crippen LogP) is 1.98. The molecule has 0 saturated heterocycles. The first kappa shape index (κ1) is 22.1. The number of hydrogen-bond donors (Lipinski definition) is 3. The lowest BCUT2D eigenvalue weighted by Crippen LogP contribution is -2.62. The average Bonchev–Trinajstić information content (AvgIpc) is 3.07. The maximum Gasteiger partial charge on any atom is 0.425 e. The Labute approximate surface area is 184 Å². The van der Waals surface area contributed by atoms with Crippen molar-refractivity contribution in [3.63, 3.8) is 0 Å². The molecule has 2 heterocycles. The summed E-state index contributed by atoms with van der Waals surface area (Å²) in [6.45, 7) is 0. The highest BCUT2D eigenvalue weighted by molar-refractivity contribution is 6.07. The van der Waals surface area contributed by atoms with E-state index >= 15 is 0 Å². The molecule has 3 aromatic rings. The highest BCUT2D eigenvalue weighted by Crippen LogP contribution is 2.45. The lowest BCUT2D eigenvalue weighted by Gasteiger charge is -2.30. The van der Waals surface area contributed by atoms with Gasteiger partial charge in [0.15, 0.2) is 0 Å². The summed E-state index contributed by atoms with van der Waals surface area (Å²) in [6.07, 6.45) is -5.62. The molecule has 1 aromatic heterocycles. The molecule has 11 heteroatoms. The second kappa shape index (κ2) is 8.08. The van der Waals surface area contributed by atoms with Gasteiger partial charge in [0.05, 0.1) is 5.69 Å². The third-order valence-electron chi connectivity index (χ3n) is 5.31. The van der Waals surface area contributed by atoms with Gasteiger partial charge >= 0.3 is 11.9 Å². The van der Waals surface area contributed by atoms with Gasteiger partial charge in [0.1, 0.15) is 11.4 Å². The van der Waals surface area contributed by atoms with E-state index in [1.54, 1.807) is 41.7 Å². The van der Waals surface area contributed by atoms with Crippen molar-refractivity contribution >= 4 is 17.6 Å². The molecule has 0 bridgehead atoms. The van der Waals surface area contributed by atoms with E-state index in [1.165, 1.54) is 24.3 Å². The largest absolute Gasteiger partial charge is 0.425 e. The number of nitrogens with one attached hydrogen (secondary N) is 3. The first-order valence-electron chi connectivity index (χ1n) is 9.83. The Kier molecular flexibility index (Phi) is 5.40. The van der Waals surface area contributed by atoms with Crippen molar-refractivity contribution in [2.45, 2.75) is 24.6 Å². The number of nitrogens with zero attached hydrogens (tertiary/aromatic N) is 1. The fourth-order valence-corrected chi connectivity index (χ4v) is 3.78. The summed E-state index contributed by atoms with van der Waals surface area (Å²) < 4.78 is 43.9. The van der Waals surface area contributed by atoms with E-state index in [4.69, 9.17) is 0 Å². The van der Waals surface area contributed by atoms with Gasteiger partial charge in [-0.2, -0.15) is 13.2 Å². The maximum absolute atomic E-state index is 14.4. The summed E-state index contributed by atoms with van der Waals surface area (Å²) in [7, 11) is 0. The van der Waals surface area contributed by atoms with Gasteiger partial charge in [0.2, 0.25) is 11.4 Å². The maximum atomic E-state index is 14.4. The SMILES string of the molecule is O=C(CCc1ccccc1)NC1(C(F)(F)F)C(=O)Nc2c1c(=O)[nH]c(=O)n2-c1ccccc1. The molecule has 2 aromatic carbocycles. The number of rotatable bonds is 5. The Morgan fingerprint density at radius 2 is 1.58 bits per heavy atom. The van der Waals surface area contributed by atoms with E-state index in [-0.39, 0.29) is 18.5 Å². The van der Waals surface area contributed by atoms with E-state index in [0.717, 1.165) is 4.57 Å². The number of hydrogen-bond acceptors (Lipinski definition) is 4. The third-order valence-corrected chi connectivity index (χ3v) is 5.31. The second-order valence-electron chi connectivity index (χ2n) is 7.39. The summed E-state index contributed by atoms with van der Waals surface area (Å²) in [4.78, 5) is 52.1. The fraction of sp³-hybridized carbons (Fsp3) is 0.182. The lowest BCUT2D eigenvalue weighted by molar-refractivity contribution is -0.200. The zero-order chi connectivity index (χ0) is 23.8. The molecule has 1 unspecified atom stereocenters. The van der Waals surface area contributed by atoms with Crippen molar-refractivity contribution in [2.24, 2.45) is 0 Å². The summed E-state index contributed by atoms with van der Waals surface area (Å²) in [5, 5.41) is 3.73. The first-order valence-corrected chi connectivity index (χ1v) is 9.83. The number of fused-ring (bicyclic) bond motifs is 1. The van der Waals surface area contributed by atoms with Crippen molar-refractivity contribution < 1.29 is 22.8 Å². The molecular formula is C22H17F3N4O4. The Morgan fingerprint density at radius 3 is 2.18 bits per heavy atom. The van der Waals surface area contributed by atoms with Crippen molar-refractivity contribution in [3.8, 4) is 5.69 Å². The number of anilines is 1. The van der Waals surface area contributed by atoms with Gasteiger partial charge in [-0.15, -0.1) is 0 Å². The molecule has 3 N–H and O–H groups in total. The number of para-hydroxylation sites is 1. The Balaban J connectivity index is 1.81.